The van der Waals surface area contributed by atoms with Crippen molar-refractivity contribution < 1.29 is 17.9 Å². The first kappa shape index (κ1) is 26.1. The lowest BCUT2D eigenvalue weighted by Crippen LogP contribution is -2.49. The first-order valence-corrected chi connectivity index (χ1v) is 14.5. The molecule has 0 N–H and O–H groups in total. The predicted molar refractivity (Wildman–Crippen MR) is 147 cm³/mol. The maximum atomic E-state index is 12.6. The SMILES string of the molecule is COc1cc(OCCCN(C)C)c(-c2cn3ccc(N4CCN(S(=O)(=O)C5CC5)CC4)cc3n2)cc1Cl. The monoisotopic (exact) mass is 547 g/mol. The van der Waals surface area contributed by atoms with Crippen LogP contribution in [0.3, 0.4) is 0 Å². The molecule has 0 bridgehead atoms. The number of anilines is 1. The Labute approximate surface area is 223 Å². The van der Waals surface area contributed by atoms with Crippen molar-refractivity contribution in [2.24, 2.45) is 0 Å². The van der Waals surface area contributed by atoms with Crippen LogP contribution in [0.25, 0.3) is 16.9 Å². The fourth-order valence-corrected chi connectivity index (χ4v) is 6.72. The van der Waals surface area contributed by atoms with Gasteiger partial charge in [0.15, 0.2) is 0 Å². The second-order valence-electron chi connectivity index (χ2n) is 9.90. The maximum absolute atomic E-state index is 12.6. The van der Waals surface area contributed by atoms with E-state index in [1.165, 1.54) is 0 Å². The van der Waals surface area contributed by atoms with E-state index in [1.807, 2.05) is 55.2 Å². The molecule has 200 valence electrons. The van der Waals surface area contributed by atoms with Crippen LogP contribution in [-0.2, 0) is 10.0 Å². The van der Waals surface area contributed by atoms with Crippen molar-refractivity contribution >= 4 is 33.0 Å². The number of imidazole rings is 1. The minimum Gasteiger partial charge on any atom is -0.495 e. The average Bonchev–Trinajstić information content (AvgIpc) is 3.67. The Balaban J connectivity index is 1.35. The van der Waals surface area contributed by atoms with E-state index in [-0.39, 0.29) is 5.25 Å². The third kappa shape index (κ3) is 5.67. The molecule has 2 aliphatic rings. The van der Waals surface area contributed by atoms with Gasteiger partial charge in [-0.2, -0.15) is 4.31 Å². The van der Waals surface area contributed by atoms with E-state index in [0.717, 1.165) is 48.4 Å². The van der Waals surface area contributed by atoms with Gasteiger partial charge in [-0.05, 0) is 45.5 Å². The van der Waals surface area contributed by atoms with Crippen LogP contribution < -0.4 is 14.4 Å². The first-order valence-electron chi connectivity index (χ1n) is 12.6. The maximum Gasteiger partial charge on any atom is 0.217 e. The van der Waals surface area contributed by atoms with Crippen LogP contribution in [0.15, 0.2) is 36.7 Å². The van der Waals surface area contributed by atoms with Gasteiger partial charge in [0.1, 0.15) is 17.1 Å². The normalized spacial score (nSPS) is 17.1. The molecule has 1 saturated heterocycles. The molecule has 1 aromatic carbocycles. The largest absolute Gasteiger partial charge is 0.495 e. The Kier molecular flexibility index (Phi) is 7.53. The molecule has 2 aromatic heterocycles. The molecule has 2 fully saturated rings. The zero-order valence-corrected chi connectivity index (χ0v) is 23.1. The summed E-state index contributed by atoms with van der Waals surface area (Å²) >= 11 is 6.47. The summed E-state index contributed by atoms with van der Waals surface area (Å²) in [6.45, 7) is 3.85. The minimum absolute atomic E-state index is 0.160. The third-order valence-electron chi connectivity index (χ3n) is 6.89. The van der Waals surface area contributed by atoms with Gasteiger partial charge < -0.3 is 23.7 Å². The fourth-order valence-electron chi connectivity index (χ4n) is 4.65. The van der Waals surface area contributed by atoms with Gasteiger partial charge in [0.05, 0.1) is 29.7 Å². The minimum atomic E-state index is -3.13. The van der Waals surface area contributed by atoms with Crippen LogP contribution in [0, 0.1) is 0 Å². The Morgan fingerprint density at radius 3 is 2.54 bits per heavy atom. The van der Waals surface area contributed by atoms with Crippen molar-refractivity contribution in [1.29, 1.82) is 0 Å². The van der Waals surface area contributed by atoms with Gasteiger partial charge in [0.25, 0.3) is 0 Å². The van der Waals surface area contributed by atoms with E-state index in [0.29, 0.717) is 49.3 Å². The molecular weight excluding hydrogens is 514 g/mol. The quantitative estimate of drug-likeness (QED) is 0.359. The molecule has 0 radical (unpaired) electrons. The van der Waals surface area contributed by atoms with Gasteiger partial charge >= 0.3 is 0 Å². The number of benzene rings is 1. The summed E-state index contributed by atoms with van der Waals surface area (Å²) in [6.07, 6.45) is 6.43. The standard InChI is InChI=1S/C26H34ClN5O4S/c1-29(2)8-4-14-36-24-17-25(35-3)22(27)16-21(24)23-18-31-9-7-19(15-26(31)28-23)30-10-12-32(13-11-30)37(33,34)20-5-6-20/h7,9,15-18,20H,4-6,8,10-14H2,1-3H3. The number of hydrogen-bond donors (Lipinski definition) is 0. The highest BCUT2D eigenvalue weighted by Crippen LogP contribution is 2.39. The molecule has 37 heavy (non-hydrogen) atoms. The number of fused-ring (bicyclic) bond motifs is 1. The number of ether oxygens (including phenoxy) is 2. The van der Waals surface area contributed by atoms with Gasteiger partial charge in [-0.3, -0.25) is 0 Å². The number of hydrogen-bond acceptors (Lipinski definition) is 7. The molecule has 5 rings (SSSR count). The van der Waals surface area contributed by atoms with Crippen molar-refractivity contribution in [3.63, 3.8) is 0 Å². The number of pyridine rings is 1. The summed E-state index contributed by atoms with van der Waals surface area (Å²) in [7, 11) is 2.54. The summed E-state index contributed by atoms with van der Waals surface area (Å²) in [4.78, 5) is 9.22. The van der Waals surface area contributed by atoms with E-state index in [1.54, 1.807) is 11.4 Å². The second-order valence-corrected chi connectivity index (χ2v) is 12.5. The molecule has 0 spiro atoms. The molecule has 1 saturated carbocycles. The zero-order chi connectivity index (χ0) is 26.2. The third-order valence-corrected chi connectivity index (χ3v) is 9.58. The average molecular weight is 548 g/mol. The molecule has 11 heteroatoms. The highest BCUT2D eigenvalue weighted by molar-refractivity contribution is 7.90. The number of piperazine rings is 1. The molecule has 9 nitrogen and oxygen atoms in total. The van der Waals surface area contributed by atoms with Crippen molar-refractivity contribution in [3.05, 3.63) is 41.7 Å². The second kappa shape index (κ2) is 10.7. The van der Waals surface area contributed by atoms with Crippen molar-refractivity contribution in [3.8, 4) is 22.8 Å². The van der Waals surface area contributed by atoms with E-state index >= 15 is 0 Å². The lowest BCUT2D eigenvalue weighted by molar-refractivity contribution is 0.281. The van der Waals surface area contributed by atoms with Gasteiger partial charge in [0.2, 0.25) is 10.0 Å². The van der Waals surface area contributed by atoms with Crippen LogP contribution in [-0.4, -0.2) is 92.8 Å². The number of aromatic nitrogens is 2. The van der Waals surface area contributed by atoms with Gasteiger partial charge in [-0.15, -0.1) is 0 Å². The van der Waals surface area contributed by atoms with Gasteiger partial charge in [-0.1, -0.05) is 11.6 Å². The van der Waals surface area contributed by atoms with Crippen molar-refractivity contribution in [2.45, 2.75) is 24.5 Å². The molecular formula is C26H34ClN5O4S. The highest BCUT2D eigenvalue weighted by Gasteiger charge is 2.41. The summed E-state index contributed by atoms with van der Waals surface area (Å²) < 4.78 is 40.3. The molecule has 1 aliphatic carbocycles. The van der Waals surface area contributed by atoms with Crippen molar-refractivity contribution in [2.75, 3.05) is 65.4 Å². The summed E-state index contributed by atoms with van der Waals surface area (Å²) in [5.41, 5.74) is 3.39. The van der Waals surface area contributed by atoms with Crippen LogP contribution in [0.1, 0.15) is 19.3 Å². The number of sulfonamides is 1. The molecule has 0 unspecified atom stereocenters. The van der Waals surface area contributed by atoms with Gasteiger partial charge in [0, 0.05) is 68.5 Å². The summed E-state index contributed by atoms with van der Waals surface area (Å²) in [5, 5.41) is 0.335. The van der Waals surface area contributed by atoms with Crippen LogP contribution in [0.4, 0.5) is 5.69 Å². The number of halogens is 1. The Hall–Kier alpha value is -2.53. The molecule has 0 amide bonds. The molecule has 1 aliphatic heterocycles. The first-order chi connectivity index (χ1) is 17.8. The van der Waals surface area contributed by atoms with Crippen LogP contribution in [0.2, 0.25) is 5.02 Å². The van der Waals surface area contributed by atoms with Crippen molar-refractivity contribution in [1.82, 2.24) is 18.6 Å². The topological polar surface area (TPSA) is 79.6 Å². The molecule has 3 aromatic rings. The van der Waals surface area contributed by atoms with E-state index in [9.17, 15) is 8.42 Å². The Morgan fingerprint density at radius 2 is 1.86 bits per heavy atom. The predicted octanol–water partition coefficient (Wildman–Crippen LogP) is 3.61. The fraction of sp³-hybridized carbons (Fsp3) is 0.500. The van der Waals surface area contributed by atoms with Crippen LogP contribution >= 0.6 is 11.6 Å². The Morgan fingerprint density at radius 1 is 1.11 bits per heavy atom. The zero-order valence-electron chi connectivity index (χ0n) is 21.6. The van der Waals surface area contributed by atoms with Crippen LogP contribution in [0.5, 0.6) is 11.5 Å². The number of nitrogens with zero attached hydrogens (tertiary/aromatic N) is 5. The number of methoxy groups -OCH3 is 1. The number of rotatable bonds is 10. The molecule has 0 atom stereocenters. The lowest BCUT2D eigenvalue weighted by atomic mass is 10.1. The lowest BCUT2D eigenvalue weighted by Gasteiger charge is -2.35. The smallest absolute Gasteiger partial charge is 0.217 e. The molecule has 3 heterocycles. The summed E-state index contributed by atoms with van der Waals surface area (Å²) in [5.74, 6) is 1.23. The van der Waals surface area contributed by atoms with Gasteiger partial charge in [-0.25, -0.2) is 13.4 Å². The summed E-state index contributed by atoms with van der Waals surface area (Å²) in [6, 6.07) is 7.74. The van der Waals surface area contributed by atoms with E-state index < -0.39 is 10.0 Å². The van der Waals surface area contributed by atoms with E-state index in [4.69, 9.17) is 26.1 Å². The highest BCUT2D eigenvalue weighted by atomic mass is 35.5. The van der Waals surface area contributed by atoms with E-state index in [2.05, 4.69) is 9.80 Å². The Bertz CT molecular complexity index is 1360.